The molecule has 1 aromatic carbocycles. The van der Waals surface area contributed by atoms with Crippen molar-refractivity contribution in [2.45, 2.75) is 20.4 Å². The molecule has 0 unspecified atom stereocenters. The molecule has 0 bridgehead atoms. The van der Waals surface area contributed by atoms with Gasteiger partial charge in [-0.05, 0) is 37.6 Å². The Balaban J connectivity index is 1.97. The van der Waals surface area contributed by atoms with Gasteiger partial charge in [-0.2, -0.15) is 0 Å². The van der Waals surface area contributed by atoms with E-state index < -0.39 is 0 Å². The van der Waals surface area contributed by atoms with Gasteiger partial charge in [0.15, 0.2) is 6.61 Å². The first-order chi connectivity index (χ1) is 10.1. The summed E-state index contributed by atoms with van der Waals surface area (Å²) in [6, 6.07) is 11.2. The van der Waals surface area contributed by atoms with E-state index in [4.69, 9.17) is 10.5 Å². The minimum absolute atomic E-state index is 0.0773. The van der Waals surface area contributed by atoms with Gasteiger partial charge in [-0.25, -0.2) is 0 Å². The van der Waals surface area contributed by atoms with Crippen LogP contribution in [-0.4, -0.2) is 17.5 Å². The van der Waals surface area contributed by atoms with E-state index in [1.165, 1.54) is 0 Å². The summed E-state index contributed by atoms with van der Waals surface area (Å²) >= 11 is 0. The zero-order valence-electron chi connectivity index (χ0n) is 12.2. The van der Waals surface area contributed by atoms with E-state index in [1.807, 2.05) is 44.2 Å². The van der Waals surface area contributed by atoms with Gasteiger partial charge in [0.25, 0.3) is 5.91 Å². The number of carbonyl (C=O) groups is 1. The van der Waals surface area contributed by atoms with Crippen LogP contribution in [0.15, 0.2) is 36.4 Å². The fourth-order valence-electron chi connectivity index (χ4n) is 1.92. The summed E-state index contributed by atoms with van der Waals surface area (Å²) < 4.78 is 5.50. The van der Waals surface area contributed by atoms with Gasteiger partial charge in [0.1, 0.15) is 5.75 Å². The number of nitrogens with two attached hydrogens (primary N) is 1. The van der Waals surface area contributed by atoms with Crippen molar-refractivity contribution in [1.82, 2.24) is 4.98 Å². The number of nitrogens with zero attached hydrogens (tertiary/aromatic N) is 1. The predicted molar refractivity (Wildman–Crippen MR) is 82.2 cm³/mol. The quantitative estimate of drug-likeness (QED) is 0.882. The predicted octanol–water partition coefficient (Wildman–Crippen LogP) is 2.17. The first kappa shape index (κ1) is 15.0. The highest BCUT2D eigenvalue weighted by Crippen LogP contribution is 2.17. The van der Waals surface area contributed by atoms with E-state index in [0.29, 0.717) is 11.4 Å². The molecule has 0 fully saturated rings. The molecule has 2 aromatic rings. The molecule has 1 heterocycles. The van der Waals surface area contributed by atoms with Crippen LogP contribution in [0.1, 0.15) is 17.0 Å². The number of aromatic nitrogens is 1. The third-order valence-electron chi connectivity index (χ3n) is 3.04. The molecular formula is C16H19N3O2. The van der Waals surface area contributed by atoms with Crippen LogP contribution in [0.25, 0.3) is 0 Å². The standard InChI is InChI=1S/C16H19N3O2/c1-11-5-3-4-6-13(11)19-16(20)10-21-15-8-7-12(2)18-14(15)9-17/h3-8H,9-10,17H2,1-2H3,(H,19,20). The van der Waals surface area contributed by atoms with Crippen molar-refractivity contribution in [3.8, 4) is 5.75 Å². The van der Waals surface area contributed by atoms with Gasteiger partial charge >= 0.3 is 0 Å². The number of rotatable bonds is 5. The summed E-state index contributed by atoms with van der Waals surface area (Å²) in [7, 11) is 0. The molecule has 2 rings (SSSR count). The normalized spacial score (nSPS) is 10.2. The number of pyridine rings is 1. The van der Waals surface area contributed by atoms with Crippen molar-refractivity contribution in [1.29, 1.82) is 0 Å². The molecule has 0 aliphatic heterocycles. The summed E-state index contributed by atoms with van der Waals surface area (Å²) in [4.78, 5) is 16.2. The van der Waals surface area contributed by atoms with Crippen LogP contribution in [0.5, 0.6) is 5.75 Å². The van der Waals surface area contributed by atoms with Gasteiger partial charge in [-0.1, -0.05) is 18.2 Å². The van der Waals surface area contributed by atoms with Gasteiger partial charge in [0, 0.05) is 17.9 Å². The monoisotopic (exact) mass is 285 g/mol. The molecule has 110 valence electrons. The van der Waals surface area contributed by atoms with Gasteiger partial charge in [-0.3, -0.25) is 9.78 Å². The van der Waals surface area contributed by atoms with E-state index in [9.17, 15) is 4.79 Å². The summed E-state index contributed by atoms with van der Waals surface area (Å²) in [5, 5.41) is 2.81. The highest BCUT2D eigenvalue weighted by molar-refractivity contribution is 5.92. The van der Waals surface area contributed by atoms with E-state index in [-0.39, 0.29) is 19.1 Å². The number of carbonyl (C=O) groups excluding carboxylic acids is 1. The third-order valence-corrected chi connectivity index (χ3v) is 3.04. The van der Waals surface area contributed by atoms with E-state index in [1.54, 1.807) is 6.07 Å². The summed E-state index contributed by atoms with van der Waals surface area (Å²) in [6.45, 7) is 4.02. The molecule has 1 amide bonds. The topological polar surface area (TPSA) is 77.2 Å². The second kappa shape index (κ2) is 6.85. The van der Waals surface area contributed by atoms with Crippen LogP contribution in [0.2, 0.25) is 0 Å². The van der Waals surface area contributed by atoms with Gasteiger partial charge in [-0.15, -0.1) is 0 Å². The zero-order chi connectivity index (χ0) is 15.2. The van der Waals surface area contributed by atoms with E-state index >= 15 is 0 Å². The number of benzene rings is 1. The fraction of sp³-hybridized carbons (Fsp3) is 0.250. The summed E-state index contributed by atoms with van der Waals surface area (Å²) in [5.41, 5.74) is 8.94. The van der Waals surface area contributed by atoms with E-state index in [2.05, 4.69) is 10.3 Å². The average molecular weight is 285 g/mol. The van der Waals surface area contributed by atoms with Crippen LogP contribution in [0.4, 0.5) is 5.69 Å². The first-order valence-corrected chi connectivity index (χ1v) is 6.75. The van der Waals surface area contributed by atoms with Gasteiger partial charge in [0.2, 0.25) is 0 Å². The van der Waals surface area contributed by atoms with E-state index in [0.717, 1.165) is 16.9 Å². The summed E-state index contributed by atoms with van der Waals surface area (Å²) in [6.07, 6.45) is 0. The molecule has 5 heteroatoms. The second-order valence-electron chi connectivity index (χ2n) is 4.75. The zero-order valence-corrected chi connectivity index (χ0v) is 12.2. The minimum Gasteiger partial charge on any atom is -0.482 e. The number of hydrogen-bond acceptors (Lipinski definition) is 4. The van der Waals surface area contributed by atoms with Crippen LogP contribution in [0.3, 0.4) is 0 Å². The van der Waals surface area contributed by atoms with Crippen LogP contribution in [0, 0.1) is 13.8 Å². The lowest BCUT2D eigenvalue weighted by atomic mass is 10.2. The largest absolute Gasteiger partial charge is 0.482 e. The lowest BCUT2D eigenvalue weighted by Gasteiger charge is -2.11. The maximum absolute atomic E-state index is 11.9. The molecule has 0 radical (unpaired) electrons. The number of amides is 1. The Morgan fingerprint density at radius 1 is 1.24 bits per heavy atom. The maximum Gasteiger partial charge on any atom is 0.262 e. The number of aryl methyl sites for hydroxylation is 2. The number of anilines is 1. The molecule has 1 aromatic heterocycles. The highest BCUT2D eigenvalue weighted by Gasteiger charge is 2.08. The van der Waals surface area contributed by atoms with Crippen molar-refractivity contribution in [2.24, 2.45) is 5.73 Å². The van der Waals surface area contributed by atoms with Crippen LogP contribution >= 0.6 is 0 Å². The Morgan fingerprint density at radius 2 is 2.00 bits per heavy atom. The minimum atomic E-state index is -0.215. The maximum atomic E-state index is 11.9. The van der Waals surface area contributed by atoms with Crippen molar-refractivity contribution in [3.63, 3.8) is 0 Å². The third kappa shape index (κ3) is 4.03. The summed E-state index contributed by atoms with van der Waals surface area (Å²) in [5.74, 6) is 0.330. The molecule has 0 aliphatic carbocycles. The van der Waals surface area contributed by atoms with Crippen LogP contribution in [-0.2, 0) is 11.3 Å². The Kier molecular flexibility index (Phi) is 4.90. The SMILES string of the molecule is Cc1ccc(OCC(=O)Nc2ccccc2C)c(CN)n1. The van der Waals surface area contributed by atoms with Gasteiger partial charge < -0.3 is 15.8 Å². The van der Waals surface area contributed by atoms with Crippen molar-refractivity contribution in [2.75, 3.05) is 11.9 Å². The van der Waals surface area contributed by atoms with Crippen LogP contribution < -0.4 is 15.8 Å². The van der Waals surface area contributed by atoms with Gasteiger partial charge in [0.05, 0.1) is 5.69 Å². The molecule has 5 nitrogen and oxygen atoms in total. The molecule has 0 aliphatic rings. The fourth-order valence-corrected chi connectivity index (χ4v) is 1.92. The molecule has 0 atom stereocenters. The number of para-hydroxylation sites is 1. The average Bonchev–Trinajstić information content (AvgIpc) is 2.48. The number of hydrogen-bond donors (Lipinski definition) is 2. The number of ether oxygens (including phenoxy) is 1. The Hall–Kier alpha value is -2.40. The highest BCUT2D eigenvalue weighted by atomic mass is 16.5. The Labute approximate surface area is 124 Å². The molecule has 0 spiro atoms. The Morgan fingerprint density at radius 3 is 2.71 bits per heavy atom. The Bertz CT molecular complexity index is 641. The van der Waals surface area contributed by atoms with Crippen molar-refractivity contribution < 1.29 is 9.53 Å². The smallest absolute Gasteiger partial charge is 0.262 e. The lowest BCUT2D eigenvalue weighted by molar-refractivity contribution is -0.118. The number of nitrogens with one attached hydrogen (secondary N) is 1. The van der Waals surface area contributed by atoms with Crippen molar-refractivity contribution >= 4 is 11.6 Å². The second-order valence-corrected chi connectivity index (χ2v) is 4.75. The first-order valence-electron chi connectivity index (χ1n) is 6.75. The molecule has 21 heavy (non-hydrogen) atoms. The lowest BCUT2D eigenvalue weighted by Crippen LogP contribution is -2.21. The molecule has 0 saturated heterocycles. The van der Waals surface area contributed by atoms with Crippen molar-refractivity contribution in [3.05, 3.63) is 53.3 Å². The molecular weight excluding hydrogens is 266 g/mol. The molecule has 0 saturated carbocycles. The molecule has 3 N–H and O–H groups in total.